The maximum atomic E-state index is 13.8. The van der Waals surface area contributed by atoms with Crippen LogP contribution >= 0.6 is 0 Å². The molecule has 0 radical (unpaired) electrons. The predicted octanol–water partition coefficient (Wildman–Crippen LogP) is -0.0722. The minimum absolute atomic E-state index is 0.00578. The van der Waals surface area contributed by atoms with Gasteiger partial charge in [-0.15, -0.1) is 0 Å². The predicted molar refractivity (Wildman–Crippen MR) is 127 cm³/mol. The summed E-state index contributed by atoms with van der Waals surface area (Å²) in [6.45, 7) is 5.65. The summed E-state index contributed by atoms with van der Waals surface area (Å²) in [4.78, 5) is 65.0. The van der Waals surface area contributed by atoms with Crippen LogP contribution in [0.3, 0.4) is 0 Å². The zero-order chi connectivity index (χ0) is 27.2. The highest BCUT2D eigenvalue weighted by Gasteiger charge is 2.59. The average molecular weight is 524 g/mol. The lowest BCUT2D eigenvalue weighted by molar-refractivity contribution is -0.147. The largest absolute Gasteiger partial charge is 0.368 e. The Balaban J connectivity index is 1.60. The molecule has 0 unspecified atom stereocenters. The second-order valence-electron chi connectivity index (χ2n) is 11.7. The van der Waals surface area contributed by atoms with E-state index in [2.05, 4.69) is 22.0 Å². The zero-order valence-corrected chi connectivity index (χ0v) is 21.2. The molecule has 4 aliphatic rings. The molecule has 2 bridgehead atoms. The Hall–Kier alpha value is -3.05. The fraction of sp³-hybridized carbons (Fsp3) is 0.720. The van der Waals surface area contributed by atoms with Crippen LogP contribution < -0.4 is 21.7 Å². The lowest BCUT2D eigenvalue weighted by atomic mass is 9.81. The van der Waals surface area contributed by atoms with Crippen molar-refractivity contribution < 1.29 is 32.8 Å². The van der Waals surface area contributed by atoms with Gasteiger partial charge in [0.25, 0.3) is 5.91 Å². The maximum absolute atomic E-state index is 13.8. The van der Waals surface area contributed by atoms with E-state index in [1.54, 1.807) is 20.8 Å². The molecule has 10 nitrogen and oxygen atoms in total. The van der Waals surface area contributed by atoms with E-state index < -0.39 is 59.5 Å². The summed E-state index contributed by atoms with van der Waals surface area (Å²) in [6.07, 6.45) is 2.24. The minimum atomic E-state index is -3.29. The van der Waals surface area contributed by atoms with E-state index in [-0.39, 0.29) is 42.5 Å². The number of amides is 5. The van der Waals surface area contributed by atoms with Crippen LogP contribution in [-0.2, 0) is 24.0 Å². The van der Waals surface area contributed by atoms with Crippen molar-refractivity contribution in [2.24, 2.45) is 40.7 Å². The van der Waals surface area contributed by atoms with Crippen molar-refractivity contribution in [2.45, 2.75) is 64.6 Å². The van der Waals surface area contributed by atoms with Gasteiger partial charge < -0.3 is 26.6 Å². The van der Waals surface area contributed by atoms with Crippen LogP contribution in [0.1, 0.15) is 40.0 Å². The van der Waals surface area contributed by atoms with Crippen LogP contribution in [0.4, 0.5) is 8.78 Å². The maximum Gasteiger partial charge on any atom is 0.315 e. The number of alkyl halides is 2. The minimum Gasteiger partial charge on any atom is -0.368 e. The number of primary amides is 1. The van der Waals surface area contributed by atoms with Crippen LogP contribution in [0.2, 0.25) is 0 Å². The number of likely N-dealkylation sites (tertiary alicyclic amines) is 1. The van der Waals surface area contributed by atoms with Crippen LogP contribution in [0.5, 0.6) is 0 Å². The van der Waals surface area contributed by atoms with E-state index >= 15 is 0 Å². The molecular weight excluding hydrogens is 488 g/mol. The summed E-state index contributed by atoms with van der Waals surface area (Å²) in [6, 6.07) is -3.36. The number of allylic oxidation sites excluding steroid dienone is 2. The van der Waals surface area contributed by atoms with E-state index in [0.29, 0.717) is 13.0 Å². The Morgan fingerprint density at radius 1 is 1.16 bits per heavy atom. The monoisotopic (exact) mass is 523 g/mol. The molecule has 4 rings (SSSR count). The number of hydrogen-bond donors (Lipinski definition) is 4. The molecular formula is C25H35F2N5O5. The summed E-state index contributed by atoms with van der Waals surface area (Å²) in [5, 5.41) is 7.53. The first-order valence-electron chi connectivity index (χ1n) is 12.7. The third-order valence-electron chi connectivity index (χ3n) is 8.29. The summed E-state index contributed by atoms with van der Waals surface area (Å²) in [5.74, 6) is -4.20. The normalized spacial score (nSPS) is 31.7. The smallest absolute Gasteiger partial charge is 0.315 e. The van der Waals surface area contributed by atoms with Gasteiger partial charge in [0.1, 0.15) is 18.1 Å². The highest BCUT2D eigenvalue weighted by atomic mass is 19.3. The Kier molecular flexibility index (Phi) is 7.31. The van der Waals surface area contributed by atoms with Gasteiger partial charge in [-0.1, -0.05) is 32.9 Å². The number of carbonyl (C=O) groups is 5. The average Bonchev–Trinajstić information content (AvgIpc) is 3.57. The van der Waals surface area contributed by atoms with Gasteiger partial charge in [-0.05, 0) is 48.3 Å². The third kappa shape index (κ3) is 5.19. The first kappa shape index (κ1) is 27.0. The number of carbonyl (C=O) groups excluding carboxylic acids is 5. The third-order valence-corrected chi connectivity index (χ3v) is 8.29. The Labute approximate surface area is 214 Å². The van der Waals surface area contributed by atoms with Crippen LogP contribution in [0, 0.1) is 35.0 Å². The van der Waals surface area contributed by atoms with E-state index in [0.717, 1.165) is 6.42 Å². The van der Waals surface area contributed by atoms with Gasteiger partial charge in [-0.2, -0.15) is 8.78 Å². The van der Waals surface area contributed by atoms with Crippen molar-refractivity contribution in [1.82, 2.24) is 20.9 Å². The quantitative estimate of drug-likeness (QED) is 0.329. The first-order valence-corrected chi connectivity index (χ1v) is 12.7. The molecule has 2 saturated heterocycles. The number of rotatable bonds is 8. The molecule has 3 fully saturated rings. The second kappa shape index (κ2) is 10.0. The lowest BCUT2D eigenvalue weighted by Crippen LogP contribution is -2.60. The van der Waals surface area contributed by atoms with Gasteiger partial charge in [0, 0.05) is 19.0 Å². The van der Waals surface area contributed by atoms with Gasteiger partial charge in [-0.25, -0.2) is 0 Å². The summed E-state index contributed by atoms with van der Waals surface area (Å²) < 4.78 is 26.1. The van der Waals surface area contributed by atoms with Gasteiger partial charge in [0.15, 0.2) is 0 Å². The fourth-order valence-electron chi connectivity index (χ4n) is 6.46. The van der Waals surface area contributed by atoms with E-state index in [4.69, 9.17) is 5.73 Å². The van der Waals surface area contributed by atoms with E-state index in [9.17, 15) is 32.8 Å². The molecule has 12 heteroatoms. The van der Waals surface area contributed by atoms with Crippen molar-refractivity contribution in [1.29, 1.82) is 0 Å². The molecule has 2 aliphatic carbocycles. The van der Waals surface area contributed by atoms with E-state index in [1.165, 1.54) is 4.90 Å². The summed E-state index contributed by atoms with van der Waals surface area (Å²) in [5.41, 5.74) is 4.65. The number of hydrogen-bond acceptors (Lipinski definition) is 5. The number of fused-ring (bicyclic) bond motifs is 5. The van der Waals surface area contributed by atoms with Crippen LogP contribution in [-0.4, -0.2) is 72.1 Å². The highest BCUT2D eigenvalue weighted by Crippen LogP contribution is 2.54. The molecule has 5 N–H and O–H groups in total. The molecule has 2 aliphatic heterocycles. The molecule has 2 heterocycles. The molecule has 8 atom stereocenters. The van der Waals surface area contributed by atoms with Gasteiger partial charge in [-0.3, -0.25) is 24.0 Å². The topological polar surface area (TPSA) is 151 Å². The van der Waals surface area contributed by atoms with E-state index in [1.807, 2.05) is 6.08 Å². The molecule has 5 amide bonds. The number of nitrogens with one attached hydrogen (secondary N) is 3. The SMILES string of the molecule is CC(C)(C)[C@H](NC(=O)C(F)F)C(=O)N1C[C@H]2[C@@H]([C@H]1C(=O)N[C@@H](C[C@@H]1CCNC1=O)C(N)=O)[C@H]1C=C[C@@H]2C1. The van der Waals surface area contributed by atoms with Crippen molar-refractivity contribution in [3.63, 3.8) is 0 Å². The molecule has 0 aromatic heterocycles. The molecule has 0 aromatic carbocycles. The van der Waals surface area contributed by atoms with Crippen molar-refractivity contribution in [2.75, 3.05) is 13.1 Å². The van der Waals surface area contributed by atoms with Crippen LogP contribution in [0.15, 0.2) is 12.2 Å². The van der Waals surface area contributed by atoms with Gasteiger partial charge >= 0.3 is 6.43 Å². The fourth-order valence-corrected chi connectivity index (χ4v) is 6.46. The second-order valence-corrected chi connectivity index (χ2v) is 11.7. The van der Waals surface area contributed by atoms with Crippen molar-refractivity contribution >= 4 is 29.5 Å². The molecule has 1 saturated carbocycles. The van der Waals surface area contributed by atoms with Gasteiger partial charge in [0.2, 0.25) is 23.6 Å². The Morgan fingerprint density at radius 3 is 2.41 bits per heavy atom. The summed E-state index contributed by atoms with van der Waals surface area (Å²) in [7, 11) is 0. The molecule has 37 heavy (non-hydrogen) atoms. The lowest BCUT2D eigenvalue weighted by Gasteiger charge is -2.37. The van der Waals surface area contributed by atoms with Crippen LogP contribution in [0.25, 0.3) is 0 Å². The van der Waals surface area contributed by atoms with Gasteiger partial charge in [0.05, 0.1) is 0 Å². The molecule has 0 aromatic rings. The first-order chi connectivity index (χ1) is 17.3. The number of halogens is 2. The van der Waals surface area contributed by atoms with Crippen molar-refractivity contribution in [3.8, 4) is 0 Å². The van der Waals surface area contributed by atoms with Crippen molar-refractivity contribution in [3.05, 3.63) is 12.2 Å². The summed E-state index contributed by atoms with van der Waals surface area (Å²) >= 11 is 0. The highest BCUT2D eigenvalue weighted by molar-refractivity contribution is 5.95. The standard InChI is InChI=1S/C25H35F2N5O5/c1-25(2,3)18(31-23(36)19(26)27)24(37)32-10-14-11-4-5-12(8-11)16(14)17(32)22(35)30-15(20(28)33)9-13-6-7-29-21(13)34/h4-5,11-19H,6-10H2,1-3H3,(H2,28,33)(H,29,34)(H,30,35)(H,31,36)/t11-,12+,13+,14-,15+,16+,17+,18-/m1/s1. The number of nitrogens with two attached hydrogens (primary N) is 1. The Bertz CT molecular complexity index is 1010. The zero-order valence-electron chi connectivity index (χ0n) is 21.2. The Morgan fingerprint density at radius 2 is 1.84 bits per heavy atom. The molecule has 0 spiro atoms. The number of nitrogens with zero attached hydrogens (tertiary/aromatic N) is 1. The molecule has 204 valence electrons.